The molecular formula is C3H10O6P2. The summed E-state index contributed by atoms with van der Waals surface area (Å²) in [5.41, 5.74) is 0. The van der Waals surface area contributed by atoms with E-state index in [1.165, 1.54) is 0 Å². The summed E-state index contributed by atoms with van der Waals surface area (Å²) < 4.78 is 24.5. The largest absolute Gasteiger partial charge is 0.396 e. The summed E-state index contributed by atoms with van der Waals surface area (Å²) in [6.07, 6.45) is -0.233. The van der Waals surface area contributed by atoms with Crippen molar-refractivity contribution in [1.82, 2.24) is 0 Å². The predicted octanol–water partition coefficient (Wildman–Crippen LogP) is -0.0472. The van der Waals surface area contributed by atoms with Crippen molar-refractivity contribution in [3.05, 3.63) is 0 Å². The zero-order valence-corrected chi connectivity index (χ0v) is 7.53. The lowest BCUT2D eigenvalue weighted by atomic mass is 10.5. The van der Waals surface area contributed by atoms with E-state index in [-0.39, 0.29) is 19.2 Å². The van der Waals surface area contributed by atoms with E-state index in [1.807, 2.05) is 0 Å². The number of hydrogen-bond acceptors (Lipinski definition) is 4. The summed E-state index contributed by atoms with van der Waals surface area (Å²) in [6.45, 7) is -0.250. The summed E-state index contributed by atoms with van der Waals surface area (Å²) >= 11 is 0. The molecule has 0 aromatic carbocycles. The molecule has 0 saturated heterocycles. The molecule has 0 aromatic rings. The minimum Gasteiger partial charge on any atom is -0.396 e. The fraction of sp³-hybridized carbons (Fsp3) is 1.00. The van der Waals surface area contributed by atoms with Crippen LogP contribution in [0, 0.1) is 0 Å². The van der Waals surface area contributed by atoms with Crippen LogP contribution in [-0.4, -0.2) is 27.7 Å². The Kier molecular flexibility index (Phi) is 5.17. The molecule has 8 heteroatoms. The van der Waals surface area contributed by atoms with Gasteiger partial charge in [-0.25, -0.2) is 4.31 Å². The maximum absolute atomic E-state index is 10.7. The number of rotatable bonds is 5. The van der Waals surface area contributed by atoms with Crippen LogP contribution < -0.4 is 0 Å². The molecular weight excluding hydrogens is 194 g/mol. The molecule has 0 heterocycles. The Morgan fingerprint density at radius 1 is 1.55 bits per heavy atom. The molecule has 0 rings (SSSR count). The summed E-state index contributed by atoms with van der Waals surface area (Å²) in [4.78, 5) is 16.8. The Balaban J connectivity index is 3.80. The number of aliphatic hydroxyl groups is 1. The SMILES string of the molecule is O=[PH](O)OP(=O)(O)CCCO. The highest BCUT2D eigenvalue weighted by Gasteiger charge is 2.20. The molecule has 0 aliphatic rings. The highest BCUT2D eigenvalue weighted by atomic mass is 31.2. The van der Waals surface area contributed by atoms with Crippen molar-refractivity contribution in [2.24, 2.45) is 0 Å². The topological polar surface area (TPSA) is 104 Å². The van der Waals surface area contributed by atoms with Gasteiger partial charge >= 0.3 is 15.9 Å². The van der Waals surface area contributed by atoms with Crippen LogP contribution >= 0.6 is 15.9 Å². The summed E-state index contributed by atoms with van der Waals surface area (Å²) in [6, 6.07) is 0. The van der Waals surface area contributed by atoms with Gasteiger partial charge in [-0.15, -0.1) is 0 Å². The summed E-state index contributed by atoms with van der Waals surface area (Å²) in [5.74, 6) is 0. The van der Waals surface area contributed by atoms with Crippen molar-refractivity contribution in [3.8, 4) is 0 Å². The van der Waals surface area contributed by atoms with E-state index in [0.717, 1.165) is 0 Å². The van der Waals surface area contributed by atoms with Gasteiger partial charge in [-0.2, -0.15) is 0 Å². The second-order valence-corrected chi connectivity index (χ2v) is 4.78. The van der Waals surface area contributed by atoms with Crippen molar-refractivity contribution in [3.63, 3.8) is 0 Å². The molecule has 2 unspecified atom stereocenters. The summed E-state index contributed by atoms with van der Waals surface area (Å²) in [5, 5.41) is 8.24. The molecule has 0 bridgehead atoms. The maximum Gasteiger partial charge on any atom is 0.335 e. The van der Waals surface area contributed by atoms with Gasteiger partial charge in [-0.1, -0.05) is 0 Å². The van der Waals surface area contributed by atoms with Crippen molar-refractivity contribution in [2.45, 2.75) is 6.42 Å². The van der Waals surface area contributed by atoms with Gasteiger partial charge in [0.25, 0.3) is 0 Å². The van der Waals surface area contributed by atoms with Crippen LogP contribution in [0.2, 0.25) is 0 Å². The van der Waals surface area contributed by atoms with Crippen LogP contribution in [0.1, 0.15) is 6.42 Å². The average Bonchev–Trinajstić information content (AvgIpc) is 1.81. The minimum absolute atomic E-state index is 0.0723. The van der Waals surface area contributed by atoms with Crippen molar-refractivity contribution in [1.29, 1.82) is 0 Å². The molecule has 0 spiro atoms. The molecule has 0 aromatic heterocycles. The lowest BCUT2D eigenvalue weighted by molar-refractivity contribution is 0.288. The van der Waals surface area contributed by atoms with E-state index >= 15 is 0 Å². The fourth-order valence-electron chi connectivity index (χ4n) is 0.438. The smallest absolute Gasteiger partial charge is 0.335 e. The first kappa shape index (κ1) is 11.3. The predicted molar refractivity (Wildman–Crippen MR) is 38.7 cm³/mol. The second kappa shape index (κ2) is 5.04. The van der Waals surface area contributed by atoms with Crippen molar-refractivity contribution >= 4 is 15.9 Å². The Labute approximate surface area is 64.3 Å². The van der Waals surface area contributed by atoms with Gasteiger partial charge in [0.2, 0.25) is 0 Å². The number of aliphatic hydroxyl groups excluding tert-OH is 1. The Morgan fingerprint density at radius 2 is 2.09 bits per heavy atom. The van der Waals surface area contributed by atoms with Crippen LogP contribution in [0.25, 0.3) is 0 Å². The molecule has 11 heavy (non-hydrogen) atoms. The lowest BCUT2D eigenvalue weighted by Gasteiger charge is -2.07. The van der Waals surface area contributed by atoms with E-state index in [4.69, 9.17) is 14.9 Å². The highest BCUT2D eigenvalue weighted by molar-refractivity contribution is 7.59. The highest BCUT2D eigenvalue weighted by Crippen LogP contribution is 2.49. The lowest BCUT2D eigenvalue weighted by Crippen LogP contribution is -1.93. The molecule has 0 amide bonds. The van der Waals surface area contributed by atoms with Gasteiger partial charge in [-0.3, -0.25) is 9.13 Å². The molecule has 6 nitrogen and oxygen atoms in total. The third-order valence-electron chi connectivity index (χ3n) is 0.820. The molecule has 3 N–H and O–H groups in total. The average molecular weight is 204 g/mol. The van der Waals surface area contributed by atoms with Crippen molar-refractivity contribution in [2.75, 3.05) is 12.8 Å². The number of hydrogen-bond donors (Lipinski definition) is 3. The van der Waals surface area contributed by atoms with E-state index in [2.05, 4.69) is 4.31 Å². The van der Waals surface area contributed by atoms with Gasteiger partial charge in [-0.05, 0) is 6.42 Å². The first-order valence-corrected chi connectivity index (χ1v) is 5.86. The maximum atomic E-state index is 10.7. The van der Waals surface area contributed by atoms with Gasteiger partial charge in [0.1, 0.15) is 0 Å². The van der Waals surface area contributed by atoms with Gasteiger partial charge < -0.3 is 14.9 Å². The van der Waals surface area contributed by atoms with Crippen LogP contribution in [0.5, 0.6) is 0 Å². The van der Waals surface area contributed by atoms with Gasteiger partial charge in [0.15, 0.2) is 0 Å². The fourth-order valence-corrected chi connectivity index (χ4v) is 2.32. The zero-order valence-electron chi connectivity index (χ0n) is 5.63. The quantitative estimate of drug-likeness (QED) is 0.542. The monoisotopic (exact) mass is 204 g/mol. The first-order chi connectivity index (χ1) is 4.98. The van der Waals surface area contributed by atoms with Crippen LogP contribution in [-0.2, 0) is 13.4 Å². The van der Waals surface area contributed by atoms with E-state index in [0.29, 0.717) is 0 Å². The van der Waals surface area contributed by atoms with Crippen molar-refractivity contribution < 1.29 is 28.3 Å². The zero-order chi connectivity index (χ0) is 8.91. The summed E-state index contributed by atoms with van der Waals surface area (Å²) in [7, 11) is -7.31. The molecule has 68 valence electrons. The molecule has 0 fully saturated rings. The molecule has 0 saturated carbocycles. The van der Waals surface area contributed by atoms with Gasteiger partial charge in [0.05, 0.1) is 6.16 Å². The van der Waals surface area contributed by atoms with E-state index in [9.17, 15) is 9.13 Å². The normalized spacial score (nSPS) is 19.2. The molecule has 0 aliphatic carbocycles. The molecule has 0 aliphatic heterocycles. The van der Waals surface area contributed by atoms with E-state index < -0.39 is 15.9 Å². The van der Waals surface area contributed by atoms with Crippen LogP contribution in [0.15, 0.2) is 0 Å². The standard InChI is InChI=1S/C3H10O6P2/c4-2-1-3-11(7,8)9-10(5)6/h4,10H,1-3H2,(H,5,6)(H,7,8). The van der Waals surface area contributed by atoms with E-state index in [1.54, 1.807) is 0 Å². The van der Waals surface area contributed by atoms with Crippen LogP contribution in [0.4, 0.5) is 0 Å². The third-order valence-corrected chi connectivity index (χ3v) is 3.47. The third kappa shape index (κ3) is 6.69. The Morgan fingerprint density at radius 3 is 2.45 bits per heavy atom. The van der Waals surface area contributed by atoms with Gasteiger partial charge in [0, 0.05) is 6.61 Å². The minimum atomic E-state index is -3.94. The Hall–Kier alpha value is 0.300. The Bertz CT molecular complexity index is 179. The van der Waals surface area contributed by atoms with Crippen LogP contribution in [0.3, 0.4) is 0 Å². The second-order valence-electron chi connectivity index (χ2n) is 1.80. The molecule has 2 atom stereocenters. The molecule has 0 radical (unpaired) electrons. The first-order valence-electron chi connectivity index (χ1n) is 2.83.